The van der Waals surface area contributed by atoms with Gasteiger partial charge in [-0.25, -0.2) is 4.79 Å². The molecule has 0 unspecified atom stereocenters. The molecule has 0 spiro atoms. The first-order chi connectivity index (χ1) is 9.95. The highest BCUT2D eigenvalue weighted by Crippen LogP contribution is 2.10. The summed E-state index contributed by atoms with van der Waals surface area (Å²) in [5.41, 5.74) is -0.423. The maximum absolute atomic E-state index is 11.4. The summed E-state index contributed by atoms with van der Waals surface area (Å²) in [6, 6.07) is 0. The first kappa shape index (κ1) is 19.9. The number of hydrogen-bond donors (Lipinski definition) is 1. The molecule has 0 aromatic rings. The van der Waals surface area contributed by atoms with Crippen LogP contribution in [0.2, 0.25) is 0 Å². The van der Waals surface area contributed by atoms with E-state index in [0.717, 1.165) is 25.7 Å². The first-order valence-electron chi connectivity index (χ1n) is 8.27. The molecule has 4 heteroatoms. The highest BCUT2D eigenvalue weighted by atomic mass is 16.6. The van der Waals surface area contributed by atoms with Gasteiger partial charge in [-0.1, -0.05) is 44.9 Å². The van der Waals surface area contributed by atoms with Crippen molar-refractivity contribution in [3.63, 3.8) is 0 Å². The normalized spacial score (nSPS) is 11.2. The molecular formula is C17H32NO3. The lowest BCUT2D eigenvalue weighted by Crippen LogP contribution is -2.32. The number of amides is 1. The van der Waals surface area contributed by atoms with Crippen LogP contribution in [0.1, 0.15) is 85.0 Å². The van der Waals surface area contributed by atoms with Gasteiger partial charge in [-0.05, 0) is 33.6 Å². The lowest BCUT2D eigenvalue weighted by atomic mass is 10.1. The summed E-state index contributed by atoms with van der Waals surface area (Å²) in [6.45, 7) is 6.29. The van der Waals surface area contributed by atoms with Crippen molar-refractivity contribution in [3.05, 3.63) is 0 Å². The van der Waals surface area contributed by atoms with E-state index < -0.39 is 5.60 Å². The van der Waals surface area contributed by atoms with Crippen LogP contribution in [0.3, 0.4) is 0 Å². The minimum absolute atomic E-state index is 0.324. The maximum Gasteiger partial charge on any atom is 0.407 e. The smallest absolute Gasteiger partial charge is 0.407 e. The molecule has 0 atom stereocenters. The maximum atomic E-state index is 11.4. The molecule has 21 heavy (non-hydrogen) atoms. The zero-order valence-electron chi connectivity index (χ0n) is 14.0. The van der Waals surface area contributed by atoms with Gasteiger partial charge in [0.15, 0.2) is 6.29 Å². The van der Waals surface area contributed by atoms with E-state index in [1.54, 1.807) is 0 Å². The van der Waals surface area contributed by atoms with Gasteiger partial charge in [0.2, 0.25) is 0 Å². The average Bonchev–Trinajstić information content (AvgIpc) is 2.38. The van der Waals surface area contributed by atoms with E-state index in [4.69, 9.17) is 4.74 Å². The molecule has 0 aliphatic carbocycles. The molecule has 0 aliphatic rings. The van der Waals surface area contributed by atoms with Crippen molar-refractivity contribution in [1.82, 2.24) is 5.32 Å². The Morgan fingerprint density at radius 3 is 1.86 bits per heavy atom. The number of alkyl carbamates (subject to hydrolysis) is 1. The number of carbonyl (C=O) groups excluding carboxylic acids is 2. The van der Waals surface area contributed by atoms with Crippen LogP contribution in [0.4, 0.5) is 4.79 Å². The quantitative estimate of drug-likeness (QED) is 0.539. The topological polar surface area (TPSA) is 55.4 Å². The predicted molar refractivity (Wildman–Crippen MR) is 86.1 cm³/mol. The second kappa shape index (κ2) is 12.7. The van der Waals surface area contributed by atoms with Crippen LogP contribution in [0.25, 0.3) is 0 Å². The van der Waals surface area contributed by atoms with Crippen LogP contribution in [-0.2, 0) is 9.53 Å². The monoisotopic (exact) mass is 298 g/mol. The van der Waals surface area contributed by atoms with Gasteiger partial charge in [0.1, 0.15) is 5.60 Å². The Hall–Kier alpha value is -1.06. The Balaban J connectivity index is 3.19. The highest BCUT2D eigenvalue weighted by Gasteiger charge is 2.15. The summed E-state index contributed by atoms with van der Waals surface area (Å²) in [6.07, 6.45) is 12.7. The lowest BCUT2D eigenvalue weighted by molar-refractivity contribution is 0.0527. The number of nitrogens with one attached hydrogen (secondary N) is 1. The van der Waals surface area contributed by atoms with Crippen LogP contribution in [0.15, 0.2) is 0 Å². The Morgan fingerprint density at radius 2 is 1.38 bits per heavy atom. The van der Waals surface area contributed by atoms with Crippen LogP contribution in [-0.4, -0.2) is 24.5 Å². The summed E-state index contributed by atoms with van der Waals surface area (Å²) in [7, 11) is 0. The molecule has 0 aliphatic heterocycles. The van der Waals surface area contributed by atoms with Crippen molar-refractivity contribution >= 4 is 12.4 Å². The lowest BCUT2D eigenvalue weighted by Gasteiger charge is -2.19. The van der Waals surface area contributed by atoms with Gasteiger partial charge in [-0.2, -0.15) is 0 Å². The number of rotatable bonds is 12. The van der Waals surface area contributed by atoms with Gasteiger partial charge in [0, 0.05) is 13.0 Å². The molecule has 0 bridgehead atoms. The third kappa shape index (κ3) is 16.9. The van der Waals surface area contributed by atoms with Crippen LogP contribution in [0, 0.1) is 0 Å². The van der Waals surface area contributed by atoms with Crippen molar-refractivity contribution in [3.8, 4) is 0 Å². The van der Waals surface area contributed by atoms with Crippen molar-refractivity contribution in [2.24, 2.45) is 0 Å². The molecule has 4 nitrogen and oxygen atoms in total. The minimum atomic E-state index is -0.423. The summed E-state index contributed by atoms with van der Waals surface area (Å²) < 4.78 is 5.16. The number of hydrogen-bond acceptors (Lipinski definition) is 3. The van der Waals surface area contributed by atoms with Crippen molar-refractivity contribution in [2.75, 3.05) is 6.54 Å². The van der Waals surface area contributed by atoms with Gasteiger partial charge in [0.05, 0.1) is 0 Å². The Labute approximate surface area is 130 Å². The van der Waals surface area contributed by atoms with Gasteiger partial charge in [-0.15, -0.1) is 0 Å². The van der Waals surface area contributed by atoms with Gasteiger partial charge in [-0.3, -0.25) is 4.79 Å². The SMILES string of the molecule is CC(C)(C)OC(=O)NCCCCCCCCCCC[C]=O. The molecule has 0 fully saturated rings. The molecule has 0 heterocycles. The van der Waals surface area contributed by atoms with Crippen molar-refractivity contribution < 1.29 is 14.3 Å². The summed E-state index contributed by atoms with van der Waals surface area (Å²) >= 11 is 0. The second-order valence-corrected chi connectivity index (χ2v) is 6.50. The second-order valence-electron chi connectivity index (χ2n) is 6.50. The summed E-state index contributed by atoms with van der Waals surface area (Å²) in [5.74, 6) is 0. The van der Waals surface area contributed by atoms with E-state index in [-0.39, 0.29) is 6.09 Å². The Bertz CT molecular complexity index is 272. The molecule has 0 aromatic carbocycles. The van der Waals surface area contributed by atoms with Gasteiger partial charge >= 0.3 is 6.09 Å². The molecule has 0 rings (SSSR count). The zero-order chi connectivity index (χ0) is 16.0. The van der Waals surface area contributed by atoms with E-state index in [0.29, 0.717) is 13.0 Å². The van der Waals surface area contributed by atoms with Gasteiger partial charge in [0.25, 0.3) is 0 Å². The third-order valence-electron chi connectivity index (χ3n) is 3.12. The van der Waals surface area contributed by atoms with E-state index >= 15 is 0 Å². The van der Waals surface area contributed by atoms with E-state index in [9.17, 15) is 9.59 Å². The first-order valence-corrected chi connectivity index (χ1v) is 8.27. The summed E-state index contributed by atoms with van der Waals surface area (Å²) in [5, 5.41) is 2.78. The predicted octanol–water partition coefficient (Wildman–Crippen LogP) is 4.52. The fraction of sp³-hybridized carbons (Fsp3) is 0.882. The molecule has 0 aromatic heterocycles. The molecular weight excluding hydrogens is 266 g/mol. The van der Waals surface area contributed by atoms with Crippen LogP contribution < -0.4 is 5.32 Å². The van der Waals surface area contributed by atoms with E-state index in [1.807, 2.05) is 27.1 Å². The van der Waals surface area contributed by atoms with E-state index in [2.05, 4.69) is 5.32 Å². The summed E-state index contributed by atoms with van der Waals surface area (Å²) in [4.78, 5) is 21.4. The van der Waals surface area contributed by atoms with Crippen molar-refractivity contribution in [1.29, 1.82) is 0 Å². The Morgan fingerprint density at radius 1 is 0.905 bits per heavy atom. The molecule has 1 radical (unpaired) electrons. The average molecular weight is 298 g/mol. The minimum Gasteiger partial charge on any atom is -0.444 e. The third-order valence-corrected chi connectivity index (χ3v) is 3.12. The standard InChI is InChI=1S/C17H32NO3/c1-17(2,3)21-16(20)18-14-12-10-8-6-4-5-7-9-11-13-15-19/h4-14H2,1-3H3,(H,18,20). The highest BCUT2D eigenvalue weighted by molar-refractivity contribution is 5.67. The number of carbonyl (C=O) groups is 1. The molecule has 1 amide bonds. The molecule has 1 N–H and O–H groups in total. The number of unbranched alkanes of at least 4 members (excludes halogenated alkanes) is 9. The fourth-order valence-electron chi connectivity index (χ4n) is 2.06. The largest absolute Gasteiger partial charge is 0.444 e. The number of ether oxygens (including phenoxy) is 1. The van der Waals surface area contributed by atoms with Crippen LogP contribution >= 0.6 is 0 Å². The molecule has 0 saturated heterocycles. The van der Waals surface area contributed by atoms with E-state index in [1.165, 1.54) is 32.1 Å². The Kier molecular flexibility index (Phi) is 12.0. The van der Waals surface area contributed by atoms with Crippen molar-refractivity contribution in [2.45, 2.75) is 90.6 Å². The zero-order valence-corrected chi connectivity index (χ0v) is 14.0. The molecule has 123 valence electrons. The van der Waals surface area contributed by atoms with Crippen LogP contribution in [0.5, 0.6) is 0 Å². The fourth-order valence-corrected chi connectivity index (χ4v) is 2.06. The molecule has 0 saturated carbocycles. The van der Waals surface area contributed by atoms with Gasteiger partial charge < -0.3 is 10.1 Å².